The number of carbonyl (C=O) groups is 4. The number of hydrogen-bond acceptors (Lipinski definition) is 4. The highest BCUT2D eigenvalue weighted by molar-refractivity contribution is 5.80. The zero-order chi connectivity index (χ0) is 28.9. The molecule has 10 heteroatoms. The van der Waals surface area contributed by atoms with Gasteiger partial charge < -0.3 is 30.2 Å². The molecule has 0 aromatic carbocycles. The number of amides is 4. The average Bonchev–Trinajstić information content (AvgIpc) is 2.79. The third-order valence-corrected chi connectivity index (χ3v) is 6.24. The van der Waals surface area contributed by atoms with Gasteiger partial charge in [0, 0.05) is 26.2 Å². The van der Waals surface area contributed by atoms with E-state index in [1.165, 1.54) is 25.7 Å². The highest BCUT2D eigenvalue weighted by Crippen LogP contribution is 2.00. The molecule has 4 amide bonds. The van der Waals surface area contributed by atoms with Gasteiger partial charge in [0.1, 0.15) is 0 Å². The summed E-state index contributed by atoms with van der Waals surface area (Å²) in [5, 5.41) is 11.7. The van der Waals surface area contributed by atoms with Crippen LogP contribution in [0.25, 0.3) is 0 Å². The van der Waals surface area contributed by atoms with Crippen molar-refractivity contribution >= 4 is 23.6 Å². The minimum Gasteiger partial charge on any atom is -0.351 e. The van der Waals surface area contributed by atoms with Gasteiger partial charge in [-0.1, -0.05) is 52.4 Å². The number of nitrogens with zero attached hydrogens (tertiary/aromatic N) is 2. The number of hydrogen-bond donors (Lipinski definition) is 4. The maximum atomic E-state index is 12.3. The highest BCUT2D eigenvalue weighted by atomic mass is 16.2. The highest BCUT2D eigenvalue weighted by Gasteiger charge is 2.24. The van der Waals surface area contributed by atoms with E-state index in [0.717, 1.165) is 38.5 Å². The predicted octanol–water partition coefficient (Wildman–Crippen LogP) is 1.54. The molecule has 0 atom stereocenters. The van der Waals surface area contributed by atoms with Crippen LogP contribution in [0.15, 0.2) is 0 Å². The molecule has 0 aromatic heterocycles. The fraction of sp³-hybridized carbons (Fsp3) is 0.857. The third-order valence-electron chi connectivity index (χ3n) is 6.24. The summed E-state index contributed by atoms with van der Waals surface area (Å²) in [4.78, 5) is 48.9. The second-order valence-corrected chi connectivity index (χ2v) is 11.7. The Morgan fingerprint density at radius 2 is 0.658 bits per heavy atom. The van der Waals surface area contributed by atoms with Gasteiger partial charge in [0.25, 0.3) is 23.6 Å². The Morgan fingerprint density at radius 1 is 0.421 bits per heavy atom. The fourth-order valence-electron chi connectivity index (χ4n) is 4.16. The molecule has 0 bridgehead atoms. The molecular weight excluding hydrogens is 484 g/mol. The maximum Gasteiger partial charge on any atom is 0.275 e. The van der Waals surface area contributed by atoms with E-state index >= 15 is 0 Å². The molecule has 0 aromatic rings. The van der Waals surface area contributed by atoms with Gasteiger partial charge in [0.2, 0.25) is 0 Å². The van der Waals surface area contributed by atoms with Gasteiger partial charge in [0.05, 0.1) is 28.2 Å². The van der Waals surface area contributed by atoms with E-state index in [0.29, 0.717) is 35.1 Å². The van der Waals surface area contributed by atoms with Crippen molar-refractivity contribution in [2.24, 2.45) is 0 Å². The molecule has 10 nitrogen and oxygen atoms in total. The van der Waals surface area contributed by atoms with Crippen LogP contribution in [-0.4, -0.2) is 113 Å². The molecule has 0 aliphatic heterocycles. The lowest BCUT2D eigenvalue weighted by atomic mass is 10.2. The lowest BCUT2D eigenvalue weighted by Crippen LogP contribution is -2.52. The van der Waals surface area contributed by atoms with Crippen LogP contribution in [0.3, 0.4) is 0 Å². The summed E-state index contributed by atoms with van der Waals surface area (Å²) in [5.74, 6) is -0.227. The first-order valence-electron chi connectivity index (χ1n) is 14.6. The zero-order valence-electron chi connectivity index (χ0n) is 25.3. The number of unbranched alkanes of at least 4 members (excludes halogenated alkanes) is 7. The number of likely N-dealkylation sites (N-methyl/N-ethyl adjacent to an activating group) is 2. The summed E-state index contributed by atoms with van der Waals surface area (Å²) in [7, 11) is 7.51. The van der Waals surface area contributed by atoms with Gasteiger partial charge in [-0.3, -0.25) is 19.2 Å². The normalized spacial score (nSPS) is 11.6. The van der Waals surface area contributed by atoms with Crippen LogP contribution in [-0.2, 0) is 19.2 Å². The van der Waals surface area contributed by atoms with Gasteiger partial charge in [-0.15, -0.1) is 0 Å². The molecule has 0 heterocycles. The van der Waals surface area contributed by atoms with Crippen LogP contribution >= 0.6 is 0 Å². The Bertz CT molecular complexity index is 639. The summed E-state index contributed by atoms with van der Waals surface area (Å²) >= 11 is 0. The van der Waals surface area contributed by atoms with E-state index in [1.54, 1.807) is 0 Å². The minimum absolute atomic E-state index is 0.0279. The molecule has 0 aliphatic carbocycles. The molecule has 38 heavy (non-hydrogen) atoms. The standard InChI is InChI=1S/C28H56N6O4/c1-7-9-11-13-17-29-25(35)21-33(3,4)23-27(37)31-19-15-16-20-32-28(38)24-34(5,6)22-26(36)30-18-14-12-10-8-2/h7-24H2,1-6H3,(H2-2,29,30,31,32,35,36,37,38)/p+2. The molecule has 0 fully saturated rings. The predicted molar refractivity (Wildman–Crippen MR) is 153 cm³/mol. The van der Waals surface area contributed by atoms with Crippen molar-refractivity contribution in [3.63, 3.8) is 0 Å². The Kier molecular flexibility index (Phi) is 19.5. The topological polar surface area (TPSA) is 116 Å². The van der Waals surface area contributed by atoms with E-state index in [4.69, 9.17) is 0 Å². The summed E-state index contributed by atoms with van der Waals surface area (Å²) in [6, 6.07) is 0. The Labute approximate surface area is 231 Å². The van der Waals surface area contributed by atoms with Gasteiger partial charge in [-0.05, 0) is 25.7 Å². The van der Waals surface area contributed by atoms with E-state index in [-0.39, 0.29) is 49.8 Å². The first kappa shape index (κ1) is 35.8. The van der Waals surface area contributed by atoms with Crippen LogP contribution in [0.4, 0.5) is 0 Å². The average molecular weight is 543 g/mol. The summed E-state index contributed by atoms with van der Waals surface area (Å²) in [6.07, 6.45) is 10.4. The number of quaternary nitrogens is 2. The second-order valence-electron chi connectivity index (χ2n) is 11.7. The second kappa shape index (κ2) is 20.7. The van der Waals surface area contributed by atoms with Crippen molar-refractivity contribution in [3.05, 3.63) is 0 Å². The van der Waals surface area contributed by atoms with Gasteiger partial charge in [-0.25, -0.2) is 0 Å². The minimum atomic E-state index is -0.0857. The van der Waals surface area contributed by atoms with E-state index in [1.807, 2.05) is 28.2 Å². The van der Waals surface area contributed by atoms with Crippen molar-refractivity contribution in [1.82, 2.24) is 21.3 Å². The number of nitrogens with one attached hydrogen (secondary N) is 4. The fourth-order valence-corrected chi connectivity index (χ4v) is 4.16. The summed E-state index contributed by atoms with van der Waals surface area (Å²) in [6.45, 7) is 7.75. The van der Waals surface area contributed by atoms with E-state index in [2.05, 4.69) is 35.1 Å². The van der Waals surface area contributed by atoms with Gasteiger partial charge >= 0.3 is 0 Å². The molecule has 222 valence electrons. The van der Waals surface area contributed by atoms with Crippen LogP contribution in [0, 0.1) is 0 Å². The monoisotopic (exact) mass is 542 g/mol. The Balaban J connectivity index is 3.98. The Morgan fingerprint density at radius 3 is 0.895 bits per heavy atom. The molecule has 0 aliphatic rings. The SMILES string of the molecule is CCCCCCNC(=O)C[N+](C)(C)CC(=O)NCCCCNC(=O)C[N+](C)(C)CC(=O)NCCCCCC. The van der Waals surface area contributed by atoms with Gasteiger partial charge in [0.15, 0.2) is 26.2 Å². The molecule has 0 saturated heterocycles. The molecular formula is C28H58N6O4+2. The molecule has 0 rings (SSSR count). The first-order valence-corrected chi connectivity index (χ1v) is 14.6. The molecule has 0 saturated carbocycles. The maximum absolute atomic E-state index is 12.3. The van der Waals surface area contributed by atoms with Crippen LogP contribution < -0.4 is 21.3 Å². The quantitative estimate of drug-likeness (QED) is 0.116. The lowest BCUT2D eigenvalue weighted by molar-refractivity contribution is -0.874. The first-order chi connectivity index (χ1) is 17.9. The molecule has 4 N–H and O–H groups in total. The lowest BCUT2D eigenvalue weighted by Gasteiger charge is -2.28. The van der Waals surface area contributed by atoms with Crippen molar-refractivity contribution in [2.75, 3.05) is 80.5 Å². The van der Waals surface area contributed by atoms with E-state index < -0.39 is 0 Å². The van der Waals surface area contributed by atoms with Gasteiger partial charge in [-0.2, -0.15) is 0 Å². The van der Waals surface area contributed by atoms with Crippen LogP contribution in [0.5, 0.6) is 0 Å². The smallest absolute Gasteiger partial charge is 0.275 e. The molecule has 0 spiro atoms. The number of carbonyl (C=O) groups excluding carboxylic acids is 4. The Hall–Kier alpha value is -2.20. The van der Waals surface area contributed by atoms with Crippen LogP contribution in [0.1, 0.15) is 78.1 Å². The molecule has 0 radical (unpaired) electrons. The third kappa shape index (κ3) is 21.8. The largest absolute Gasteiger partial charge is 0.351 e. The van der Waals surface area contributed by atoms with Crippen molar-refractivity contribution in [2.45, 2.75) is 78.1 Å². The summed E-state index contributed by atoms with van der Waals surface area (Å²) in [5.41, 5.74) is 0. The van der Waals surface area contributed by atoms with Crippen molar-refractivity contribution < 1.29 is 28.1 Å². The molecule has 0 unspecified atom stereocenters. The van der Waals surface area contributed by atoms with Crippen molar-refractivity contribution in [3.8, 4) is 0 Å². The summed E-state index contributed by atoms with van der Waals surface area (Å²) < 4.78 is 0.598. The van der Waals surface area contributed by atoms with Crippen LogP contribution in [0.2, 0.25) is 0 Å². The van der Waals surface area contributed by atoms with Crippen molar-refractivity contribution in [1.29, 1.82) is 0 Å². The zero-order valence-corrected chi connectivity index (χ0v) is 25.3. The van der Waals surface area contributed by atoms with E-state index in [9.17, 15) is 19.2 Å². The number of rotatable bonds is 23.